The molecule has 1 aromatic carbocycles. The van der Waals surface area contributed by atoms with Crippen molar-refractivity contribution in [1.82, 2.24) is 0 Å². The Morgan fingerprint density at radius 2 is 1.85 bits per heavy atom. The van der Waals surface area contributed by atoms with Crippen molar-refractivity contribution in [2.24, 2.45) is 15.7 Å². The van der Waals surface area contributed by atoms with Gasteiger partial charge in [-0.3, -0.25) is 0 Å². The van der Waals surface area contributed by atoms with Gasteiger partial charge in [-0.15, -0.1) is 0 Å². The number of nitrogens with zero attached hydrogens (tertiary/aromatic N) is 2. The van der Waals surface area contributed by atoms with Crippen LogP contribution in [0.5, 0.6) is 0 Å². The Balaban J connectivity index is 1.88. The summed E-state index contributed by atoms with van der Waals surface area (Å²) in [6.45, 7) is 7.43. The third-order valence-electron chi connectivity index (χ3n) is 5.22. The smallest absolute Gasteiger partial charge is 0.242 e. The van der Waals surface area contributed by atoms with Gasteiger partial charge >= 0.3 is 0 Å². The number of nitrogens with two attached hydrogens (primary N) is 1. The van der Waals surface area contributed by atoms with Crippen LogP contribution in [0.25, 0.3) is 0 Å². The van der Waals surface area contributed by atoms with E-state index in [9.17, 15) is 0 Å². The van der Waals surface area contributed by atoms with Crippen molar-refractivity contribution in [3.8, 4) is 0 Å². The fourth-order valence-electron chi connectivity index (χ4n) is 3.81. The topological polar surface area (TPSA) is 60.0 Å². The number of aliphatic imine (C=N–C) groups is 2. The van der Waals surface area contributed by atoms with Gasteiger partial charge in [0.15, 0.2) is 0 Å². The number of hydrogen-bond donors (Lipinski definition) is 1. The first-order valence-corrected chi connectivity index (χ1v) is 9.61. The van der Waals surface area contributed by atoms with Crippen molar-refractivity contribution in [3.63, 3.8) is 0 Å². The van der Waals surface area contributed by atoms with Crippen LogP contribution in [-0.4, -0.2) is 17.7 Å². The molecule has 1 heterocycles. The predicted octanol–water partition coefficient (Wildman–Crippen LogP) is 5.06. The molecule has 2 aliphatic rings. The first kappa shape index (κ1) is 18.4. The van der Waals surface area contributed by atoms with Crippen molar-refractivity contribution in [3.05, 3.63) is 59.6 Å². The number of rotatable bonds is 3. The SMILES string of the molecule is C=CN=C1OC(C)C(c2ccc(C3CCCCCC3)cc2)=N/C1=C(/C)N. The first-order chi connectivity index (χ1) is 12.6. The summed E-state index contributed by atoms with van der Waals surface area (Å²) >= 11 is 0. The molecule has 4 heteroatoms. The summed E-state index contributed by atoms with van der Waals surface area (Å²) in [5.74, 6) is 1.13. The van der Waals surface area contributed by atoms with Gasteiger partial charge in [0.25, 0.3) is 0 Å². The molecule has 0 saturated heterocycles. The van der Waals surface area contributed by atoms with Crippen molar-refractivity contribution in [2.45, 2.75) is 64.4 Å². The van der Waals surface area contributed by atoms with Crippen molar-refractivity contribution in [2.75, 3.05) is 0 Å². The Labute approximate surface area is 156 Å². The lowest BCUT2D eigenvalue weighted by molar-refractivity contribution is 0.268. The summed E-state index contributed by atoms with van der Waals surface area (Å²) in [7, 11) is 0. The van der Waals surface area contributed by atoms with E-state index in [2.05, 4.69) is 35.8 Å². The molecular weight excluding hydrogens is 322 g/mol. The second kappa shape index (κ2) is 8.35. The van der Waals surface area contributed by atoms with Gasteiger partial charge in [0.05, 0.1) is 5.71 Å². The van der Waals surface area contributed by atoms with Crippen LogP contribution in [0.2, 0.25) is 0 Å². The number of hydrogen-bond acceptors (Lipinski definition) is 4. The fourth-order valence-corrected chi connectivity index (χ4v) is 3.81. The molecule has 4 nitrogen and oxygen atoms in total. The quantitative estimate of drug-likeness (QED) is 0.773. The Bertz CT molecular complexity index is 731. The van der Waals surface area contributed by atoms with Crippen molar-refractivity contribution >= 4 is 11.6 Å². The molecule has 0 radical (unpaired) electrons. The van der Waals surface area contributed by atoms with E-state index in [0.717, 1.165) is 11.3 Å². The number of allylic oxidation sites excluding steroid dienone is 1. The Morgan fingerprint density at radius 1 is 1.19 bits per heavy atom. The third kappa shape index (κ3) is 4.06. The maximum absolute atomic E-state index is 5.99. The standard InChI is InChI=1S/C22H29N3O/c1-4-24-22-20(15(2)23)25-21(16(3)26-22)19-13-11-18(12-14-19)17-9-7-5-6-8-10-17/h4,11-14,16-17H,1,5-10,23H2,2-3H3/b20-15-,24-22?. The minimum absolute atomic E-state index is 0.180. The van der Waals surface area contributed by atoms with E-state index in [4.69, 9.17) is 15.5 Å². The molecule has 1 atom stereocenters. The van der Waals surface area contributed by atoms with Gasteiger partial charge in [0.1, 0.15) is 11.8 Å². The highest BCUT2D eigenvalue weighted by atomic mass is 16.5. The van der Waals surface area contributed by atoms with Gasteiger partial charge in [-0.1, -0.05) is 56.5 Å². The molecular formula is C22H29N3O. The average molecular weight is 351 g/mol. The van der Waals surface area contributed by atoms with Gasteiger partial charge in [0.2, 0.25) is 5.90 Å². The van der Waals surface area contributed by atoms with Crippen LogP contribution in [0.3, 0.4) is 0 Å². The molecule has 3 rings (SSSR count). The molecule has 138 valence electrons. The minimum Gasteiger partial charge on any atom is -0.467 e. The predicted molar refractivity (Wildman–Crippen MR) is 108 cm³/mol. The van der Waals surface area contributed by atoms with Crippen LogP contribution in [0, 0.1) is 0 Å². The molecule has 1 saturated carbocycles. The summed E-state index contributed by atoms with van der Waals surface area (Å²) in [6, 6.07) is 8.84. The van der Waals surface area contributed by atoms with Crippen LogP contribution < -0.4 is 5.73 Å². The molecule has 1 fully saturated rings. The van der Waals surface area contributed by atoms with Crippen LogP contribution in [0.15, 0.2) is 58.4 Å². The molecule has 2 N–H and O–H groups in total. The van der Waals surface area contributed by atoms with E-state index >= 15 is 0 Å². The normalized spacial score (nSPS) is 25.2. The lowest BCUT2D eigenvalue weighted by Gasteiger charge is -2.25. The van der Waals surface area contributed by atoms with Crippen LogP contribution >= 0.6 is 0 Å². The third-order valence-corrected chi connectivity index (χ3v) is 5.22. The van der Waals surface area contributed by atoms with E-state index in [1.165, 1.54) is 50.3 Å². The van der Waals surface area contributed by atoms with Gasteiger partial charge in [0, 0.05) is 11.9 Å². The maximum atomic E-state index is 5.99. The van der Waals surface area contributed by atoms with Gasteiger partial charge < -0.3 is 10.5 Å². The minimum atomic E-state index is -0.180. The fraction of sp³-hybridized carbons (Fsp3) is 0.455. The molecule has 1 aliphatic carbocycles. The van der Waals surface area contributed by atoms with E-state index in [1.807, 2.05) is 13.8 Å². The van der Waals surface area contributed by atoms with E-state index < -0.39 is 0 Å². The summed E-state index contributed by atoms with van der Waals surface area (Å²) < 4.78 is 5.94. The van der Waals surface area contributed by atoms with Gasteiger partial charge in [-0.25, -0.2) is 9.98 Å². The van der Waals surface area contributed by atoms with Crippen LogP contribution in [0.4, 0.5) is 0 Å². The molecule has 0 amide bonds. The van der Waals surface area contributed by atoms with Gasteiger partial charge in [-0.05, 0) is 43.7 Å². The zero-order chi connectivity index (χ0) is 18.5. The maximum Gasteiger partial charge on any atom is 0.242 e. The average Bonchev–Trinajstić information content (AvgIpc) is 2.91. The summed E-state index contributed by atoms with van der Waals surface area (Å²) in [4.78, 5) is 8.92. The van der Waals surface area contributed by atoms with E-state index in [0.29, 0.717) is 23.2 Å². The zero-order valence-corrected chi connectivity index (χ0v) is 15.9. The second-order valence-electron chi connectivity index (χ2n) is 7.22. The highest BCUT2D eigenvalue weighted by Gasteiger charge is 2.26. The molecule has 0 bridgehead atoms. The van der Waals surface area contributed by atoms with Crippen LogP contribution in [-0.2, 0) is 4.74 Å². The number of ether oxygens (including phenoxy) is 1. The lowest BCUT2D eigenvalue weighted by Crippen LogP contribution is -2.32. The molecule has 1 aromatic rings. The first-order valence-electron chi connectivity index (χ1n) is 9.61. The zero-order valence-electron chi connectivity index (χ0n) is 15.9. The molecule has 0 spiro atoms. The lowest BCUT2D eigenvalue weighted by atomic mass is 9.90. The summed E-state index contributed by atoms with van der Waals surface area (Å²) in [5, 5.41) is 0. The van der Waals surface area contributed by atoms with E-state index in [1.54, 1.807) is 0 Å². The number of benzene rings is 1. The Hall–Kier alpha value is -2.36. The molecule has 26 heavy (non-hydrogen) atoms. The summed E-state index contributed by atoms with van der Waals surface area (Å²) in [5.41, 5.74) is 10.6. The van der Waals surface area contributed by atoms with Crippen LogP contribution in [0.1, 0.15) is 69.4 Å². The van der Waals surface area contributed by atoms with E-state index in [-0.39, 0.29) is 6.10 Å². The van der Waals surface area contributed by atoms with Gasteiger partial charge in [-0.2, -0.15) is 0 Å². The molecule has 1 unspecified atom stereocenters. The Morgan fingerprint density at radius 3 is 2.42 bits per heavy atom. The second-order valence-corrected chi connectivity index (χ2v) is 7.22. The monoisotopic (exact) mass is 351 g/mol. The molecule has 1 aliphatic heterocycles. The highest BCUT2D eigenvalue weighted by Crippen LogP contribution is 2.32. The Kier molecular flexibility index (Phi) is 5.92. The largest absolute Gasteiger partial charge is 0.467 e. The van der Waals surface area contributed by atoms with Crippen molar-refractivity contribution < 1.29 is 4.74 Å². The summed E-state index contributed by atoms with van der Waals surface area (Å²) in [6.07, 6.45) is 9.33. The molecule has 0 aromatic heterocycles. The van der Waals surface area contributed by atoms with Crippen molar-refractivity contribution in [1.29, 1.82) is 0 Å². The highest BCUT2D eigenvalue weighted by molar-refractivity contribution is 6.11.